The van der Waals surface area contributed by atoms with Gasteiger partial charge >= 0.3 is 0 Å². The summed E-state index contributed by atoms with van der Waals surface area (Å²) in [5, 5.41) is 8.80. The van der Waals surface area contributed by atoms with Gasteiger partial charge in [0.25, 0.3) is 5.91 Å². The molecule has 0 aliphatic carbocycles. The number of benzene rings is 1. The molecule has 116 valence electrons. The lowest BCUT2D eigenvalue weighted by Gasteiger charge is -2.34. The molecule has 0 radical (unpaired) electrons. The molecule has 1 aromatic carbocycles. The Morgan fingerprint density at radius 2 is 1.86 bits per heavy atom. The summed E-state index contributed by atoms with van der Waals surface area (Å²) >= 11 is 0. The molecule has 0 spiro atoms. The van der Waals surface area contributed by atoms with Crippen molar-refractivity contribution in [3.8, 4) is 5.75 Å². The van der Waals surface area contributed by atoms with Gasteiger partial charge in [-0.05, 0) is 30.7 Å². The highest BCUT2D eigenvalue weighted by molar-refractivity contribution is 5.77. The van der Waals surface area contributed by atoms with Crippen LogP contribution >= 0.6 is 0 Å². The largest absolute Gasteiger partial charge is 0.484 e. The third-order valence-corrected chi connectivity index (χ3v) is 3.53. The van der Waals surface area contributed by atoms with Gasteiger partial charge in [-0.1, -0.05) is 0 Å². The zero-order chi connectivity index (χ0) is 15.1. The van der Waals surface area contributed by atoms with Crippen LogP contribution in [0.25, 0.3) is 0 Å². The minimum atomic E-state index is -0.326. The normalized spacial score (nSPS) is 16.0. The summed E-state index contributed by atoms with van der Waals surface area (Å²) in [7, 11) is 0. The first-order valence-electron chi connectivity index (χ1n) is 7.18. The van der Waals surface area contributed by atoms with Gasteiger partial charge in [-0.15, -0.1) is 0 Å². The molecule has 0 bridgehead atoms. The van der Waals surface area contributed by atoms with Gasteiger partial charge in [-0.25, -0.2) is 4.39 Å². The van der Waals surface area contributed by atoms with E-state index in [1.807, 2.05) is 0 Å². The Labute approximate surface area is 123 Å². The van der Waals surface area contributed by atoms with E-state index in [1.165, 1.54) is 24.3 Å². The number of ether oxygens (including phenoxy) is 1. The van der Waals surface area contributed by atoms with Crippen LogP contribution in [-0.2, 0) is 4.79 Å². The number of halogens is 1. The maximum atomic E-state index is 12.8. The van der Waals surface area contributed by atoms with Gasteiger partial charge in [-0.3, -0.25) is 9.69 Å². The van der Waals surface area contributed by atoms with Crippen molar-refractivity contribution in [2.45, 2.75) is 6.42 Å². The molecule has 1 fully saturated rings. The molecule has 0 aromatic heterocycles. The fraction of sp³-hybridized carbons (Fsp3) is 0.533. The van der Waals surface area contributed by atoms with Gasteiger partial charge in [0.2, 0.25) is 0 Å². The molecule has 1 heterocycles. The first kappa shape index (κ1) is 15.7. The fourth-order valence-electron chi connectivity index (χ4n) is 2.28. The Balaban J connectivity index is 1.71. The number of carbonyl (C=O) groups excluding carboxylic acids is 1. The summed E-state index contributed by atoms with van der Waals surface area (Å²) in [6, 6.07) is 5.63. The average molecular weight is 296 g/mol. The number of hydrogen-bond donors (Lipinski definition) is 1. The third kappa shape index (κ3) is 4.99. The summed E-state index contributed by atoms with van der Waals surface area (Å²) in [6.07, 6.45) is 0.766. The van der Waals surface area contributed by atoms with Crippen molar-refractivity contribution in [3.63, 3.8) is 0 Å². The van der Waals surface area contributed by atoms with E-state index in [0.29, 0.717) is 18.8 Å². The number of aliphatic hydroxyl groups is 1. The summed E-state index contributed by atoms with van der Waals surface area (Å²) < 4.78 is 18.1. The number of hydrogen-bond acceptors (Lipinski definition) is 4. The van der Waals surface area contributed by atoms with E-state index < -0.39 is 0 Å². The molecule has 6 heteroatoms. The molecule has 1 N–H and O–H groups in total. The predicted molar refractivity (Wildman–Crippen MR) is 76.6 cm³/mol. The Hall–Kier alpha value is -1.66. The topological polar surface area (TPSA) is 53.0 Å². The number of piperazine rings is 1. The van der Waals surface area contributed by atoms with Gasteiger partial charge < -0.3 is 14.7 Å². The van der Waals surface area contributed by atoms with Crippen LogP contribution < -0.4 is 4.74 Å². The maximum Gasteiger partial charge on any atom is 0.260 e. The number of amides is 1. The molecule has 0 atom stereocenters. The SMILES string of the molecule is O=C(COc1ccc(F)cc1)N1CCN(CCCO)CC1. The molecular weight excluding hydrogens is 275 g/mol. The molecule has 1 amide bonds. The van der Waals surface area contributed by atoms with Crippen molar-refractivity contribution in [2.24, 2.45) is 0 Å². The lowest BCUT2D eigenvalue weighted by molar-refractivity contribution is -0.135. The second-order valence-corrected chi connectivity index (χ2v) is 5.04. The minimum Gasteiger partial charge on any atom is -0.484 e. The fourth-order valence-corrected chi connectivity index (χ4v) is 2.28. The lowest BCUT2D eigenvalue weighted by atomic mass is 10.3. The van der Waals surface area contributed by atoms with Crippen molar-refractivity contribution in [2.75, 3.05) is 45.9 Å². The van der Waals surface area contributed by atoms with E-state index in [9.17, 15) is 9.18 Å². The molecule has 1 saturated heterocycles. The van der Waals surface area contributed by atoms with E-state index in [4.69, 9.17) is 9.84 Å². The Morgan fingerprint density at radius 3 is 2.48 bits per heavy atom. The standard InChI is InChI=1S/C15H21FN2O3/c16-13-2-4-14(5-3-13)21-12-15(20)18-9-7-17(8-10-18)6-1-11-19/h2-5,19H,1,6-12H2. The molecule has 0 unspecified atom stereocenters. The highest BCUT2D eigenvalue weighted by Gasteiger charge is 2.20. The summed E-state index contributed by atoms with van der Waals surface area (Å²) in [5.41, 5.74) is 0. The maximum absolute atomic E-state index is 12.8. The van der Waals surface area contributed by atoms with Gasteiger partial charge in [0, 0.05) is 39.3 Å². The van der Waals surface area contributed by atoms with Crippen molar-refractivity contribution in [1.29, 1.82) is 0 Å². The molecular formula is C15H21FN2O3. The van der Waals surface area contributed by atoms with Crippen LogP contribution in [0.1, 0.15) is 6.42 Å². The van der Waals surface area contributed by atoms with Crippen LogP contribution in [0.2, 0.25) is 0 Å². The van der Waals surface area contributed by atoms with Gasteiger partial charge in [0.1, 0.15) is 11.6 Å². The Kier molecular flexibility index (Phi) is 5.95. The Bertz CT molecular complexity index is 445. The van der Waals surface area contributed by atoms with E-state index in [-0.39, 0.29) is 24.9 Å². The van der Waals surface area contributed by atoms with E-state index >= 15 is 0 Å². The van der Waals surface area contributed by atoms with Crippen LogP contribution in [0, 0.1) is 5.82 Å². The number of carbonyl (C=O) groups is 1. The van der Waals surface area contributed by atoms with E-state index in [1.54, 1.807) is 4.90 Å². The zero-order valence-corrected chi connectivity index (χ0v) is 12.0. The summed E-state index contributed by atoms with van der Waals surface area (Å²) in [4.78, 5) is 16.0. The molecule has 1 aromatic rings. The Morgan fingerprint density at radius 1 is 1.19 bits per heavy atom. The van der Waals surface area contributed by atoms with Crippen molar-refractivity contribution in [1.82, 2.24) is 9.80 Å². The molecule has 0 saturated carbocycles. The smallest absolute Gasteiger partial charge is 0.260 e. The first-order valence-corrected chi connectivity index (χ1v) is 7.18. The van der Waals surface area contributed by atoms with Gasteiger partial charge in [0.15, 0.2) is 6.61 Å². The quantitative estimate of drug-likeness (QED) is 0.841. The van der Waals surface area contributed by atoms with Crippen LogP contribution in [0.3, 0.4) is 0 Å². The van der Waals surface area contributed by atoms with Crippen LogP contribution in [0.4, 0.5) is 4.39 Å². The molecule has 5 nitrogen and oxygen atoms in total. The van der Waals surface area contributed by atoms with Crippen molar-refractivity contribution < 1.29 is 19.0 Å². The monoisotopic (exact) mass is 296 g/mol. The number of nitrogens with zero attached hydrogens (tertiary/aromatic N) is 2. The van der Waals surface area contributed by atoms with Crippen molar-refractivity contribution in [3.05, 3.63) is 30.1 Å². The van der Waals surface area contributed by atoms with Crippen LogP contribution in [0.15, 0.2) is 24.3 Å². The van der Waals surface area contributed by atoms with Gasteiger partial charge in [0.05, 0.1) is 0 Å². The molecule has 2 rings (SSSR count). The van der Waals surface area contributed by atoms with Crippen LogP contribution in [-0.4, -0.2) is 66.8 Å². The molecule has 21 heavy (non-hydrogen) atoms. The van der Waals surface area contributed by atoms with Gasteiger partial charge in [-0.2, -0.15) is 0 Å². The predicted octanol–water partition coefficient (Wildman–Crippen LogP) is 0.731. The van der Waals surface area contributed by atoms with Crippen LogP contribution in [0.5, 0.6) is 5.75 Å². The zero-order valence-electron chi connectivity index (χ0n) is 12.0. The summed E-state index contributed by atoms with van der Waals surface area (Å²) in [5.74, 6) is 0.111. The van der Waals surface area contributed by atoms with Crippen molar-refractivity contribution >= 4 is 5.91 Å². The highest BCUT2D eigenvalue weighted by Crippen LogP contribution is 2.11. The number of rotatable bonds is 6. The number of aliphatic hydroxyl groups excluding tert-OH is 1. The van der Waals surface area contributed by atoms with E-state index in [0.717, 1.165) is 26.1 Å². The second kappa shape index (κ2) is 7.95. The molecule has 1 aliphatic rings. The average Bonchev–Trinajstić information content (AvgIpc) is 2.52. The minimum absolute atomic E-state index is 0.0255. The second-order valence-electron chi connectivity index (χ2n) is 5.04. The third-order valence-electron chi connectivity index (χ3n) is 3.53. The highest BCUT2D eigenvalue weighted by atomic mass is 19.1. The lowest BCUT2D eigenvalue weighted by Crippen LogP contribution is -2.50. The first-order chi connectivity index (χ1) is 10.2. The van der Waals surface area contributed by atoms with E-state index in [2.05, 4.69) is 4.90 Å². The summed E-state index contributed by atoms with van der Waals surface area (Å²) in [6.45, 7) is 4.04. The molecule has 1 aliphatic heterocycles.